The van der Waals surface area contributed by atoms with Gasteiger partial charge in [0, 0.05) is 38.6 Å². The lowest BCUT2D eigenvalue weighted by atomic mass is 10.0. The lowest BCUT2D eigenvalue weighted by molar-refractivity contribution is 0.0261. The Labute approximate surface area is 99.6 Å². The molecule has 2 aliphatic heterocycles. The van der Waals surface area contributed by atoms with E-state index < -0.39 is 0 Å². The summed E-state index contributed by atoms with van der Waals surface area (Å²) in [7, 11) is 6.69. The molecular formula is C12H26N4. The largest absolute Gasteiger partial charge is 0.314 e. The highest BCUT2D eigenvalue weighted by atomic mass is 15.4. The molecule has 4 heteroatoms. The normalized spacial score (nSPS) is 31.1. The van der Waals surface area contributed by atoms with Crippen LogP contribution < -0.4 is 5.32 Å². The smallest absolute Gasteiger partial charge is 0.0660 e. The van der Waals surface area contributed by atoms with E-state index in [-0.39, 0.29) is 0 Å². The summed E-state index contributed by atoms with van der Waals surface area (Å²) in [5.41, 5.74) is 0. The molecule has 16 heavy (non-hydrogen) atoms. The van der Waals surface area contributed by atoms with Crippen molar-refractivity contribution in [3.05, 3.63) is 0 Å². The standard InChI is InChI=1S/C12H26N4/c1-14(2)12(11-4-7-15(3)10-11)16-8-5-13-6-9-16/h11-13H,4-10H2,1-3H3. The van der Waals surface area contributed by atoms with E-state index in [1.165, 1.54) is 32.6 Å². The molecule has 94 valence electrons. The maximum atomic E-state index is 3.44. The summed E-state index contributed by atoms with van der Waals surface area (Å²) >= 11 is 0. The SMILES string of the molecule is CN1CCC(C(N(C)C)N2CCNCC2)C1. The summed E-state index contributed by atoms with van der Waals surface area (Å²) in [6.45, 7) is 7.21. The molecule has 4 nitrogen and oxygen atoms in total. The highest BCUT2D eigenvalue weighted by Crippen LogP contribution is 2.23. The summed E-state index contributed by atoms with van der Waals surface area (Å²) < 4.78 is 0. The molecule has 0 spiro atoms. The van der Waals surface area contributed by atoms with Crippen LogP contribution in [0.2, 0.25) is 0 Å². The van der Waals surface area contributed by atoms with Crippen LogP contribution in [-0.4, -0.2) is 81.3 Å². The maximum Gasteiger partial charge on any atom is 0.0660 e. The predicted octanol–water partition coefficient (Wildman–Crippen LogP) is -0.269. The number of likely N-dealkylation sites (tertiary alicyclic amines) is 1. The Kier molecular flexibility index (Phi) is 4.19. The van der Waals surface area contributed by atoms with Gasteiger partial charge in [-0.05, 0) is 34.1 Å². The second-order valence-electron chi connectivity index (χ2n) is 5.47. The van der Waals surface area contributed by atoms with Crippen LogP contribution in [-0.2, 0) is 0 Å². The van der Waals surface area contributed by atoms with Gasteiger partial charge < -0.3 is 10.2 Å². The summed E-state index contributed by atoms with van der Waals surface area (Å²) in [4.78, 5) is 7.53. The van der Waals surface area contributed by atoms with Gasteiger partial charge in [-0.15, -0.1) is 0 Å². The van der Waals surface area contributed by atoms with Crippen LogP contribution in [0.3, 0.4) is 0 Å². The monoisotopic (exact) mass is 226 g/mol. The van der Waals surface area contributed by atoms with E-state index >= 15 is 0 Å². The third kappa shape index (κ3) is 2.74. The van der Waals surface area contributed by atoms with E-state index in [4.69, 9.17) is 0 Å². The fourth-order valence-corrected chi connectivity index (χ4v) is 3.21. The van der Waals surface area contributed by atoms with E-state index in [1.807, 2.05) is 0 Å². The van der Waals surface area contributed by atoms with Crippen molar-refractivity contribution in [2.45, 2.75) is 12.6 Å². The van der Waals surface area contributed by atoms with Gasteiger partial charge in [-0.3, -0.25) is 9.80 Å². The maximum absolute atomic E-state index is 3.44. The number of hydrogen-bond donors (Lipinski definition) is 1. The van der Waals surface area contributed by atoms with Crippen LogP contribution in [0, 0.1) is 5.92 Å². The zero-order valence-corrected chi connectivity index (χ0v) is 10.9. The van der Waals surface area contributed by atoms with E-state index in [2.05, 4.69) is 41.2 Å². The molecule has 2 aliphatic rings. The molecule has 0 aromatic heterocycles. The molecule has 1 N–H and O–H groups in total. The molecule has 2 saturated heterocycles. The van der Waals surface area contributed by atoms with Gasteiger partial charge in [-0.2, -0.15) is 0 Å². The Morgan fingerprint density at radius 2 is 1.88 bits per heavy atom. The van der Waals surface area contributed by atoms with Gasteiger partial charge in [0.05, 0.1) is 6.17 Å². The molecule has 0 aromatic carbocycles. The fraction of sp³-hybridized carbons (Fsp3) is 1.00. The van der Waals surface area contributed by atoms with Crippen molar-refractivity contribution in [3.63, 3.8) is 0 Å². The van der Waals surface area contributed by atoms with Crippen LogP contribution in [0.15, 0.2) is 0 Å². The topological polar surface area (TPSA) is 21.8 Å². The van der Waals surface area contributed by atoms with Crippen LogP contribution in [0.25, 0.3) is 0 Å². The second-order valence-corrected chi connectivity index (χ2v) is 5.47. The van der Waals surface area contributed by atoms with Gasteiger partial charge in [0.15, 0.2) is 0 Å². The van der Waals surface area contributed by atoms with Crippen molar-refractivity contribution in [2.75, 3.05) is 60.4 Å². The van der Waals surface area contributed by atoms with Crippen molar-refractivity contribution in [1.29, 1.82) is 0 Å². The van der Waals surface area contributed by atoms with Gasteiger partial charge in [0.1, 0.15) is 0 Å². The third-order valence-electron chi connectivity index (χ3n) is 3.90. The molecule has 0 aromatic rings. The molecule has 2 rings (SSSR count). The Hall–Kier alpha value is -0.160. The zero-order chi connectivity index (χ0) is 11.5. The zero-order valence-electron chi connectivity index (χ0n) is 10.9. The van der Waals surface area contributed by atoms with Gasteiger partial charge in [0.25, 0.3) is 0 Å². The number of nitrogens with zero attached hydrogens (tertiary/aromatic N) is 3. The predicted molar refractivity (Wildman–Crippen MR) is 67.5 cm³/mol. The molecule has 0 aliphatic carbocycles. The van der Waals surface area contributed by atoms with Crippen LogP contribution >= 0.6 is 0 Å². The summed E-state index contributed by atoms with van der Waals surface area (Å²) in [5.74, 6) is 0.818. The van der Waals surface area contributed by atoms with Crippen molar-refractivity contribution in [2.24, 2.45) is 5.92 Å². The van der Waals surface area contributed by atoms with Crippen molar-refractivity contribution >= 4 is 0 Å². The molecule has 2 heterocycles. The minimum atomic E-state index is 0.632. The Morgan fingerprint density at radius 1 is 1.19 bits per heavy atom. The van der Waals surface area contributed by atoms with Crippen molar-refractivity contribution in [1.82, 2.24) is 20.0 Å². The van der Waals surface area contributed by atoms with Gasteiger partial charge in [-0.1, -0.05) is 0 Å². The van der Waals surface area contributed by atoms with Gasteiger partial charge in [0.2, 0.25) is 0 Å². The molecule has 2 fully saturated rings. The van der Waals surface area contributed by atoms with E-state index in [1.54, 1.807) is 0 Å². The number of hydrogen-bond acceptors (Lipinski definition) is 4. The van der Waals surface area contributed by atoms with Crippen LogP contribution in [0.5, 0.6) is 0 Å². The lowest BCUT2D eigenvalue weighted by Gasteiger charge is -2.41. The highest BCUT2D eigenvalue weighted by Gasteiger charge is 2.33. The number of piperazine rings is 1. The number of rotatable bonds is 3. The summed E-state index contributed by atoms with van der Waals surface area (Å²) in [6, 6.07) is 0. The highest BCUT2D eigenvalue weighted by molar-refractivity contribution is 4.86. The molecule has 0 bridgehead atoms. The average molecular weight is 226 g/mol. The first-order valence-electron chi connectivity index (χ1n) is 6.48. The fourth-order valence-electron chi connectivity index (χ4n) is 3.21. The second kappa shape index (κ2) is 5.45. The molecular weight excluding hydrogens is 200 g/mol. The van der Waals surface area contributed by atoms with E-state index in [0.717, 1.165) is 19.0 Å². The third-order valence-corrected chi connectivity index (χ3v) is 3.90. The Bertz CT molecular complexity index is 208. The molecule has 2 unspecified atom stereocenters. The minimum absolute atomic E-state index is 0.632. The first kappa shape index (κ1) is 12.3. The van der Waals surface area contributed by atoms with Gasteiger partial charge in [-0.25, -0.2) is 0 Å². The minimum Gasteiger partial charge on any atom is -0.314 e. The van der Waals surface area contributed by atoms with Crippen molar-refractivity contribution in [3.8, 4) is 0 Å². The molecule has 0 saturated carbocycles. The summed E-state index contributed by atoms with van der Waals surface area (Å²) in [6.07, 6.45) is 1.98. The molecule has 0 radical (unpaired) electrons. The number of nitrogens with one attached hydrogen (secondary N) is 1. The van der Waals surface area contributed by atoms with E-state index in [0.29, 0.717) is 6.17 Å². The van der Waals surface area contributed by atoms with Crippen LogP contribution in [0.4, 0.5) is 0 Å². The molecule has 0 amide bonds. The summed E-state index contributed by atoms with van der Waals surface area (Å²) in [5, 5.41) is 3.44. The quantitative estimate of drug-likeness (QED) is 0.715. The van der Waals surface area contributed by atoms with Crippen LogP contribution in [0.1, 0.15) is 6.42 Å². The lowest BCUT2D eigenvalue weighted by Crippen LogP contribution is -2.56. The average Bonchev–Trinajstić information content (AvgIpc) is 2.66. The Balaban J connectivity index is 1.98. The Morgan fingerprint density at radius 3 is 2.38 bits per heavy atom. The first-order chi connectivity index (χ1) is 7.68. The van der Waals surface area contributed by atoms with Gasteiger partial charge >= 0.3 is 0 Å². The first-order valence-corrected chi connectivity index (χ1v) is 6.48. The molecule has 2 atom stereocenters. The van der Waals surface area contributed by atoms with Crippen molar-refractivity contribution < 1.29 is 0 Å². The van der Waals surface area contributed by atoms with E-state index in [9.17, 15) is 0 Å².